The first-order valence-electron chi connectivity index (χ1n) is 5.87. The molecule has 0 saturated heterocycles. The van der Waals surface area contributed by atoms with Crippen LogP contribution in [0.2, 0.25) is 0 Å². The molecule has 0 fully saturated rings. The monoisotopic (exact) mass is 252 g/mol. The van der Waals surface area contributed by atoms with Crippen molar-refractivity contribution in [1.29, 1.82) is 0 Å². The highest BCUT2D eigenvalue weighted by atomic mass is 16.5. The highest BCUT2D eigenvalue weighted by molar-refractivity contribution is 5.79. The SMILES string of the molecule is CC(O)C(=O)NCc1ccc(OC(C)(C)C)nc1. The summed E-state index contributed by atoms with van der Waals surface area (Å²) in [6.45, 7) is 7.61. The van der Waals surface area contributed by atoms with Gasteiger partial charge in [-0.3, -0.25) is 4.79 Å². The number of nitrogens with one attached hydrogen (secondary N) is 1. The van der Waals surface area contributed by atoms with Gasteiger partial charge in [0.05, 0.1) is 0 Å². The molecule has 1 amide bonds. The standard InChI is InChI=1S/C13H20N2O3/c1-9(16)12(17)15-8-10-5-6-11(14-7-10)18-13(2,3)4/h5-7,9,16H,8H2,1-4H3,(H,15,17). The van der Waals surface area contributed by atoms with Crippen molar-refractivity contribution < 1.29 is 14.6 Å². The molecule has 18 heavy (non-hydrogen) atoms. The molecule has 1 atom stereocenters. The van der Waals surface area contributed by atoms with Crippen molar-refractivity contribution in [2.45, 2.75) is 45.9 Å². The molecule has 0 saturated carbocycles. The van der Waals surface area contributed by atoms with E-state index in [4.69, 9.17) is 9.84 Å². The number of hydrogen-bond acceptors (Lipinski definition) is 4. The number of carbonyl (C=O) groups is 1. The molecule has 0 radical (unpaired) electrons. The van der Waals surface area contributed by atoms with Crippen molar-refractivity contribution in [1.82, 2.24) is 10.3 Å². The van der Waals surface area contributed by atoms with E-state index in [9.17, 15) is 4.79 Å². The second-order valence-electron chi connectivity index (χ2n) is 5.11. The van der Waals surface area contributed by atoms with Gasteiger partial charge >= 0.3 is 0 Å². The summed E-state index contributed by atoms with van der Waals surface area (Å²) in [6, 6.07) is 3.59. The van der Waals surface area contributed by atoms with E-state index >= 15 is 0 Å². The zero-order chi connectivity index (χ0) is 13.8. The van der Waals surface area contributed by atoms with E-state index in [2.05, 4.69) is 10.3 Å². The largest absolute Gasteiger partial charge is 0.472 e. The van der Waals surface area contributed by atoms with E-state index in [0.29, 0.717) is 12.4 Å². The molecule has 0 spiro atoms. The third kappa shape index (κ3) is 5.14. The van der Waals surface area contributed by atoms with E-state index in [1.54, 1.807) is 12.3 Å². The van der Waals surface area contributed by atoms with Crippen LogP contribution in [0.3, 0.4) is 0 Å². The average Bonchev–Trinajstić information content (AvgIpc) is 2.25. The number of aliphatic hydroxyl groups is 1. The maximum Gasteiger partial charge on any atom is 0.248 e. The first-order valence-corrected chi connectivity index (χ1v) is 5.87. The Kier molecular flexibility index (Phi) is 4.67. The molecule has 0 aromatic carbocycles. The van der Waals surface area contributed by atoms with Crippen LogP contribution in [0.5, 0.6) is 5.88 Å². The average molecular weight is 252 g/mol. The van der Waals surface area contributed by atoms with Crippen molar-refractivity contribution in [3.63, 3.8) is 0 Å². The summed E-state index contributed by atoms with van der Waals surface area (Å²) >= 11 is 0. The zero-order valence-electron chi connectivity index (χ0n) is 11.2. The smallest absolute Gasteiger partial charge is 0.248 e. The number of aliphatic hydroxyl groups excluding tert-OH is 1. The summed E-state index contributed by atoms with van der Waals surface area (Å²) in [5.41, 5.74) is 0.569. The molecule has 1 aromatic heterocycles. The number of carbonyl (C=O) groups excluding carboxylic acids is 1. The second kappa shape index (κ2) is 5.82. The summed E-state index contributed by atoms with van der Waals surface area (Å²) in [5, 5.41) is 11.6. The molecule has 0 aliphatic rings. The van der Waals surface area contributed by atoms with E-state index in [1.165, 1.54) is 6.92 Å². The van der Waals surface area contributed by atoms with Gasteiger partial charge < -0.3 is 15.2 Å². The normalized spacial score (nSPS) is 12.9. The van der Waals surface area contributed by atoms with Crippen LogP contribution in [0.4, 0.5) is 0 Å². The molecule has 0 aliphatic carbocycles. The van der Waals surface area contributed by atoms with Gasteiger partial charge in [0, 0.05) is 18.8 Å². The summed E-state index contributed by atoms with van der Waals surface area (Å²) in [7, 11) is 0. The minimum atomic E-state index is -0.999. The van der Waals surface area contributed by atoms with E-state index in [1.807, 2.05) is 26.8 Å². The van der Waals surface area contributed by atoms with Crippen LogP contribution < -0.4 is 10.1 Å². The van der Waals surface area contributed by atoms with Gasteiger partial charge in [0.15, 0.2) is 0 Å². The van der Waals surface area contributed by atoms with Gasteiger partial charge in [-0.25, -0.2) is 4.98 Å². The summed E-state index contributed by atoms with van der Waals surface area (Å²) in [4.78, 5) is 15.3. The van der Waals surface area contributed by atoms with Crippen LogP contribution in [0, 0.1) is 0 Å². The highest BCUT2D eigenvalue weighted by Gasteiger charge is 2.12. The van der Waals surface area contributed by atoms with Crippen LogP contribution in [0.1, 0.15) is 33.3 Å². The Labute approximate surface area is 107 Å². The maximum absolute atomic E-state index is 11.2. The Morgan fingerprint density at radius 1 is 1.50 bits per heavy atom. The number of rotatable bonds is 4. The third-order valence-corrected chi connectivity index (χ3v) is 2.05. The number of ether oxygens (including phenoxy) is 1. The third-order valence-electron chi connectivity index (χ3n) is 2.05. The predicted octanol–water partition coefficient (Wildman–Crippen LogP) is 1.26. The number of aromatic nitrogens is 1. The lowest BCUT2D eigenvalue weighted by Gasteiger charge is -2.20. The van der Waals surface area contributed by atoms with Crippen LogP contribution >= 0.6 is 0 Å². The van der Waals surface area contributed by atoms with Gasteiger partial charge in [0.1, 0.15) is 11.7 Å². The first-order chi connectivity index (χ1) is 8.28. The molecular weight excluding hydrogens is 232 g/mol. The fraction of sp³-hybridized carbons (Fsp3) is 0.538. The molecular formula is C13H20N2O3. The fourth-order valence-corrected chi connectivity index (χ4v) is 1.23. The van der Waals surface area contributed by atoms with Crippen molar-refractivity contribution in [2.75, 3.05) is 0 Å². The van der Waals surface area contributed by atoms with E-state index in [0.717, 1.165) is 5.56 Å². The number of pyridine rings is 1. The lowest BCUT2D eigenvalue weighted by Crippen LogP contribution is -2.32. The van der Waals surface area contributed by atoms with Gasteiger partial charge in [0.2, 0.25) is 11.8 Å². The molecule has 1 unspecified atom stereocenters. The molecule has 5 heteroatoms. The fourth-order valence-electron chi connectivity index (χ4n) is 1.23. The van der Waals surface area contributed by atoms with Crippen molar-refractivity contribution in [2.24, 2.45) is 0 Å². The zero-order valence-corrected chi connectivity index (χ0v) is 11.2. The van der Waals surface area contributed by atoms with Gasteiger partial charge in [0.25, 0.3) is 0 Å². The Hall–Kier alpha value is -1.62. The molecule has 100 valence electrons. The summed E-state index contributed by atoms with van der Waals surface area (Å²) < 4.78 is 5.58. The molecule has 2 N–H and O–H groups in total. The summed E-state index contributed by atoms with van der Waals surface area (Å²) in [5.74, 6) is 0.151. The minimum Gasteiger partial charge on any atom is -0.472 e. The second-order valence-corrected chi connectivity index (χ2v) is 5.11. The highest BCUT2D eigenvalue weighted by Crippen LogP contribution is 2.15. The minimum absolute atomic E-state index is 0.283. The van der Waals surface area contributed by atoms with Gasteiger partial charge in [-0.2, -0.15) is 0 Å². The molecule has 0 aliphatic heterocycles. The van der Waals surface area contributed by atoms with Crippen LogP contribution in [0.15, 0.2) is 18.3 Å². The number of amides is 1. The van der Waals surface area contributed by atoms with Gasteiger partial charge in [-0.1, -0.05) is 6.07 Å². The number of hydrogen-bond donors (Lipinski definition) is 2. The van der Waals surface area contributed by atoms with Crippen molar-refractivity contribution in [3.8, 4) is 5.88 Å². The van der Waals surface area contributed by atoms with E-state index < -0.39 is 12.0 Å². The van der Waals surface area contributed by atoms with Crippen molar-refractivity contribution >= 4 is 5.91 Å². The first kappa shape index (κ1) is 14.4. The Morgan fingerprint density at radius 2 is 2.17 bits per heavy atom. The van der Waals surface area contributed by atoms with Gasteiger partial charge in [-0.05, 0) is 33.3 Å². The molecule has 1 rings (SSSR count). The van der Waals surface area contributed by atoms with E-state index in [-0.39, 0.29) is 5.60 Å². The molecule has 1 aromatic rings. The van der Waals surface area contributed by atoms with Crippen LogP contribution in [-0.4, -0.2) is 27.7 Å². The van der Waals surface area contributed by atoms with Gasteiger partial charge in [-0.15, -0.1) is 0 Å². The Bertz CT molecular complexity index is 394. The maximum atomic E-state index is 11.2. The Balaban J connectivity index is 2.53. The predicted molar refractivity (Wildman–Crippen MR) is 68.1 cm³/mol. The van der Waals surface area contributed by atoms with Crippen LogP contribution in [0.25, 0.3) is 0 Å². The Morgan fingerprint density at radius 3 is 2.61 bits per heavy atom. The quantitative estimate of drug-likeness (QED) is 0.846. The van der Waals surface area contributed by atoms with Crippen LogP contribution in [-0.2, 0) is 11.3 Å². The topological polar surface area (TPSA) is 71.5 Å². The molecule has 1 heterocycles. The summed E-state index contributed by atoms with van der Waals surface area (Å²) in [6.07, 6.45) is 0.644. The molecule has 5 nitrogen and oxygen atoms in total. The van der Waals surface area contributed by atoms with Crippen molar-refractivity contribution in [3.05, 3.63) is 23.9 Å². The lowest BCUT2D eigenvalue weighted by molar-refractivity contribution is -0.128. The number of nitrogens with zero attached hydrogens (tertiary/aromatic N) is 1. The lowest BCUT2D eigenvalue weighted by atomic mass is 10.2. The molecule has 0 bridgehead atoms.